The van der Waals surface area contributed by atoms with Crippen molar-refractivity contribution < 1.29 is 18.1 Å². The minimum absolute atomic E-state index is 0.108. The average Bonchev–Trinajstić information content (AvgIpc) is 3.61. The van der Waals surface area contributed by atoms with E-state index in [4.69, 9.17) is 9.47 Å². The minimum atomic E-state index is -1.47. The summed E-state index contributed by atoms with van der Waals surface area (Å²) in [7, 11) is 1.52. The van der Waals surface area contributed by atoms with Crippen LogP contribution in [0.3, 0.4) is 0 Å². The van der Waals surface area contributed by atoms with Gasteiger partial charge in [0.2, 0.25) is 0 Å². The Kier molecular flexibility index (Phi) is 6.92. The van der Waals surface area contributed by atoms with Gasteiger partial charge in [-0.1, -0.05) is 18.2 Å². The average molecular weight is 486 g/mol. The summed E-state index contributed by atoms with van der Waals surface area (Å²) in [5.41, 5.74) is 2.05. The van der Waals surface area contributed by atoms with Gasteiger partial charge in [0.05, 0.1) is 24.7 Å². The van der Waals surface area contributed by atoms with Crippen LogP contribution in [0.15, 0.2) is 53.3 Å². The van der Waals surface area contributed by atoms with Crippen LogP contribution in [0.4, 0.5) is 21.6 Å². The number of hydrogen-bond acceptors (Lipinski definition) is 5. The van der Waals surface area contributed by atoms with Gasteiger partial charge >= 0.3 is 0 Å². The second kappa shape index (κ2) is 9.89. The molecular formula is C25H28FN3O4S. The molecule has 180 valence electrons. The lowest BCUT2D eigenvalue weighted by Crippen LogP contribution is -2.22. The summed E-state index contributed by atoms with van der Waals surface area (Å²) in [4.78, 5) is 12.5. The van der Waals surface area contributed by atoms with Crippen LogP contribution in [0.2, 0.25) is 0 Å². The molecule has 0 spiro atoms. The molecule has 2 aromatic carbocycles. The van der Waals surface area contributed by atoms with Crippen molar-refractivity contribution in [2.45, 2.75) is 31.4 Å². The maximum atomic E-state index is 14.5. The van der Waals surface area contributed by atoms with E-state index in [0.717, 1.165) is 23.3 Å². The number of anilines is 3. The highest BCUT2D eigenvalue weighted by atomic mass is 32.2. The summed E-state index contributed by atoms with van der Waals surface area (Å²) < 4.78 is 43.0. The lowest BCUT2D eigenvalue weighted by Gasteiger charge is -2.19. The standard InChI is InChI=1S/C25H28FN3O4S/c1-5-33-17-9-7-16(8-10-17)18-13-22(18)34(31)28-24-21(32-4)14-23(30)29(3)25(24)27-20-11-6-15(2)12-19(20)26/h6-12,14,18,22,27-28H,5,13H2,1-4H3. The van der Waals surface area contributed by atoms with Crippen LogP contribution in [0.1, 0.15) is 30.4 Å². The fourth-order valence-electron chi connectivity index (χ4n) is 3.84. The van der Waals surface area contributed by atoms with Gasteiger partial charge in [-0.15, -0.1) is 0 Å². The third kappa shape index (κ3) is 4.94. The van der Waals surface area contributed by atoms with Crippen molar-refractivity contribution in [3.05, 3.63) is 75.8 Å². The highest BCUT2D eigenvalue weighted by Crippen LogP contribution is 2.46. The molecule has 1 saturated carbocycles. The molecule has 7 nitrogen and oxygen atoms in total. The van der Waals surface area contributed by atoms with Gasteiger partial charge in [0.25, 0.3) is 5.56 Å². The van der Waals surface area contributed by atoms with Crippen molar-refractivity contribution in [2.24, 2.45) is 7.05 Å². The molecule has 1 heterocycles. The molecule has 3 atom stereocenters. The van der Waals surface area contributed by atoms with E-state index in [0.29, 0.717) is 12.3 Å². The van der Waals surface area contributed by atoms with Crippen LogP contribution < -0.4 is 25.1 Å². The summed E-state index contributed by atoms with van der Waals surface area (Å²) >= 11 is 0. The van der Waals surface area contributed by atoms with Gasteiger partial charge in [-0.3, -0.25) is 14.1 Å². The first-order valence-corrected chi connectivity index (χ1v) is 12.2. The number of nitrogens with one attached hydrogen (secondary N) is 2. The van der Waals surface area contributed by atoms with Gasteiger partial charge in [0.15, 0.2) is 5.75 Å². The van der Waals surface area contributed by atoms with E-state index in [2.05, 4.69) is 10.0 Å². The Morgan fingerprint density at radius 1 is 1.18 bits per heavy atom. The number of ether oxygens (including phenoxy) is 2. The molecule has 0 saturated heterocycles. The Bertz CT molecular complexity index is 1280. The molecule has 0 aliphatic heterocycles. The van der Waals surface area contributed by atoms with E-state index in [9.17, 15) is 13.4 Å². The number of methoxy groups -OCH3 is 1. The predicted octanol–water partition coefficient (Wildman–Crippen LogP) is 4.62. The van der Waals surface area contributed by atoms with E-state index in [-0.39, 0.29) is 34.0 Å². The molecule has 0 bridgehead atoms. The number of rotatable bonds is 9. The van der Waals surface area contributed by atoms with E-state index in [1.807, 2.05) is 31.2 Å². The summed E-state index contributed by atoms with van der Waals surface area (Å²) in [5.74, 6) is 0.980. The second-order valence-electron chi connectivity index (χ2n) is 8.22. The maximum Gasteiger partial charge on any atom is 0.255 e. The van der Waals surface area contributed by atoms with Crippen LogP contribution in [0.5, 0.6) is 11.5 Å². The lowest BCUT2D eigenvalue weighted by molar-refractivity contribution is 0.340. The summed E-state index contributed by atoms with van der Waals surface area (Å²) in [6.45, 7) is 4.33. The molecule has 1 aromatic heterocycles. The van der Waals surface area contributed by atoms with Crippen molar-refractivity contribution in [2.75, 3.05) is 23.8 Å². The van der Waals surface area contributed by atoms with Crippen molar-refractivity contribution >= 4 is 28.2 Å². The van der Waals surface area contributed by atoms with Gasteiger partial charge in [-0.05, 0) is 55.7 Å². The normalized spacial score (nSPS) is 17.7. The minimum Gasteiger partial charge on any atom is -0.494 e. The smallest absolute Gasteiger partial charge is 0.255 e. The van der Waals surface area contributed by atoms with Crippen molar-refractivity contribution in [1.82, 2.24) is 4.57 Å². The molecule has 4 rings (SSSR count). The fraction of sp³-hybridized carbons (Fsp3) is 0.320. The van der Waals surface area contributed by atoms with Crippen molar-refractivity contribution in [3.8, 4) is 11.5 Å². The van der Waals surface area contributed by atoms with Gasteiger partial charge < -0.3 is 14.8 Å². The highest BCUT2D eigenvalue weighted by molar-refractivity contribution is 7.87. The van der Waals surface area contributed by atoms with Crippen LogP contribution in [-0.4, -0.2) is 27.7 Å². The molecule has 9 heteroatoms. The number of halogens is 1. The first-order chi connectivity index (χ1) is 16.3. The van der Waals surface area contributed by atoms with E-state index in [1.165, 1.54) is 23.8 Å². The maximum absolute atomic E-state index is 14.5. The Morgan fingerprint density at radius 3 is 2.56 bits per heavy atom. The zero-order chi connectivity index (χ0) is 24.4. The Morgan fingerprint density at radius 2 is 1.91 bits per heavy atom. The third-order valence-electron chi connectivity index (χ3n) is 5.83. The quantitative estimate of drug-likeness (QED) is 0.462. The zero-order valence-electron chi connectivity index (χ0n) is 19.6. The number of pyridine rings is 1. The summed E-state index contributed by atoms with van der Waals surface area (Å²) in [6, 6.07) is 13.9. The molecule has 1 fully saturated rings. The van der Waals surface area contributed by atoms with Gasteiger partial charge in [-0.25, -0.2) is 8.60 Å². The number of benzene rings is 2. The molecule has 1 aliphatic carbocycles. The number of aromatic nitrogens is 1. The molecule has 0 amide bonds. The first kappa shape index (κ1) is 23.8. The van der Waals surface area contributed by atoms with Crippen LogP contribution >= 0.6 is 0 Å². The van der Waals surface area contributed by atoms with Crippen molar-refractivity contribution in [1.29, 1.82) is 0 Å². The van der Waals surface area contributed by atoms with Crippen LogP contribution in [-0.2, 0) is 18.0 Å². The Balaban J connectivity index is 1.59. The van der Waals surface area contributed by atoms with Crippen molar-refractivity contribution in [3.63, 3.8) is 0 Å². The molecule has 3 aromatic rings. The molecule has 3 unspecified atom stereocenters. The SMILES string of the molecule is CCOc1ccc(C2CC2S(=O)Nc2c(OC)cc(=O)n(C)c2Nc2ccc(C)cc2F)cc1. The van der Waals surface area contributed by atoms with Crippen LogP contribution in [0, 0.1) is 12.7 Å². The first-order valence-electron chi connectivity index (χ1n) is 11.0. The largest absolute Gasteiger partial charge is 0.494 e. The second-order valence-corrected chi connectivity index (χ2v) is 9.63. The van der Waals surface area contributed by atoms with Gasteiger partial charge in [0.1, 0.15) is 34.1 Å². The van der Waals surface area contributed by atoms with E-state index in [1.54, 1.807) is 26.1 Å². The number of hydrogen-bond donors (Lipinski definition) is 2. The molecule has 1 aliphatic rings. The highest BCUT2D eigenvalue weighted by Gasteiger charge is 2.44. The molecule has 0 radical (unpaired) electrons. The lowest BCUT2D eigenvalue weighted by atomic mass is 10.1. The topological polar surface area (TPSA) is 81.6 Å². The molecule has 34 heavy (non-hydrogen) atoms. The van der Waals surface area contributed by atoms with Gasteiger partial charge in [-0.2, -0.15) is 0 Å². The monoisotopic (exact) mass is 485 g/mol. The molecule has 2 N–H and O–H groups in total. The predicted molar refractivity (Wildman–Crippen MR) is 133 cm³/mol. The number of nitrogens with zero attached hydrogens (tertiary/aromatic N) is 1. The molecular weight excluding hydrogens is 457 g/mol. The van der Waals surface area contributed by atoms with E-state index < -0.39 is 16.8 Å². The summed E-state index contributed by atoms with van der Waals surface area (Å²) in [5, 5.41) is 2.87. The van der Waals surface area contributed by atoms with Gasteiger partial charge in [0, 0.05) is 19.0 Å². The third-order valence-corrected chi connectivity index (χ3v) is 7.31. The Hall–Kier alpha value is -3.33. The zero-order valence-corrected chi connectivity index (χ0v) is 20.4. The van der Waals surface area contributed by atoms with E-state index >= 15 is 0 Å². The fourth-order valence-corrected chi connectivity index (χ4v) is 5.23. The van der Waals surface area contributed by atoms with Crippen LogP contribution in [0.25, 0.3) is 0 Å². The number of aryl methyl sites for hydroxylation is 1. The Labute approximate surface area is 200 Å². The summed E-state index contributed by atoms with van der Waals surface area (Å²) in [6.07, 6.45) is 0.761.